The lowest BCUT2D eigenvalue weighted by atomic mass is 10.1. The number of phenolic OH excluding ortho intramolecular Hbond substituents is 1. The molecule has 1 heterocycles. The Morgan fingerprint density at radius 1 is 0.969 bits per heavy atom. The normalized spacial score (nSPS) is 15.1. The largest absolute Gasteiger partial charge is 0.508 e. The van der Waals surface area contributed by atoms with E-state index in [9.17, 15) is 19.5 Å². The summed E-state index contributed by atoms with van der Waals surface area (Å²) >= 11 is 3.39. The number of amides is 4. The summed E-state index contributed by atoms with van der Waals surface area (Å²) in [6.07, 6.45) is 1.39. The molecule has 3 aromatic rings. The van der Waals surface area contributed by atoms with E-state index < -0.39 is 17.8 Å². The molecule has 1 fully saturated rings. The number of benzene rings is 3. The van der Waals surface area contributed by atoms with Gasteiger partial charge in [-0.25, -0.2) is 9.69 Å². The predicted molar refractivity (Wildman–Crippen MR) is 122 cm³/mol. The van der Waals surface area contributed by atoms with Crippen molar-refractivity contribution in [1.29, 1.82) is 0 Å². The molecule has 0 bridgehead atoms. The summed E-state index contributed by atoms with van der Waals surface area (Å²) < 4.78 is 6.65. The molecule has 4 rings (SSSR count). The zero-order valence-electron chi connectivity index (χ0n) is 16.6. The monoisotopic (exact) mass is 492 g/mol. The van der Waals surface area contributed by atoms with E-state index in [1.807, 2.05) is 30.3 Å². The molecular formula is C24H17BrN2O5. The lowest BCUT2D eigenvalue weighted by molar-refractivity contribution is -0.122. The fourth-order valence-corrected chi connectivity index (χ4v) is 3.53. The van der Waals surface area contributed by atoms with Crippen molar-refractivity contribution in [1.82, 2.24) is 5.32 Å². The van der Waals surface area contributed by atoms with Gasteiger partial charge in [0.15, 0.2) is 0 Å². The van der Waals surface area contributed by atoms with Gasteiger partial charge >= 0.3 is 6.03 Å². The highest BCUT2D eigenvalue weighted by molar-refractivity contribution is 9.10. The standard InChI is InChI=1S/C24H17BrN2O5/c25-17-6-11-21(32-14-15-4-2-1-3-5-15)16(12-17)13-20-22(29)26-24(31)27(23(20)30)18-7-9-19(28)10-8-18/h1-13,28H,14H2,(H,26,29,31)/b20-13+. The molecule has 0 spiro atoms. The Morgan fingerprint density at radius 2 is 1.69 bits per heavy atom. The van der Waals surface area contributed by atoms with Crippen LogP contribution in [0.5, 0.6) is 11.5 Å². The van der Waals surface area contributed by atoms with E-state index in [1.165, 1.54) is 30.3 Å². The summed E-state index contributed by atoms with van der Waals surface area (Å²) in [5, 5.41) is 11.7. The average molecular weight is 493 g/mol. The molecule has 8 heteroatoms. The second-order valence-electron chi connectivity index (χ2n) is 6.93. The zero-order chi connectivity index (χ0) is 22.7. The number of anilines is 1. The van der Waals surface area contributed by atoms with Crippen molar-refractivity contribution in [2.24, 2.45) is 0 Å². The van der Waals surface area contributed by atoms with Gasteiger partial charge in [-0.15, -0.1) is 0 Å². The van der Waals surface area contributed by atoms with Gasteiger partial charge in [0, 0.05) is 10.0 Å². The van der Waals surface area contributed by atoms with E-state index in [0.29, 0.717) is 17.9 Å². The second-order valence-corrected chi connectivity index (χ2v) is 7.85. The number of carbonyl (C=O) groups excluding carboxylic acids is 3. The van der Waals surface area contributed by atoms with Gasteiger partial charge in [-0.3, -0.25) is 14.9 Å². The van der Waals surface area contributed by atoms with Crippen LogP contribution in [0.1, 0.15) is 11.1 Å². The second kappa shape index (κ2) is 9.07. The molecule has 0 saturated carbocycles. The highest BCUT2D eigenvalue weighted by Gasteiger charge is 2.37. The Balaban J connectivity index is 1.67. The van der Waals surface area contributed by atoms with Crippen LogP contribution in [0.2, 0.25) is 0 Å². The molecule has 160 valence electrons. The summed E-state index contributed by atoms with van der Waals surface area (Å²) in [4.78, 5) is 38.7. The first-order chi connectivity index (χ1) is 15.4. The molecule has 0 aliphatic carbocycles. The number of imide groups is 2. The van der Waals surface area contributed by atoms with E-state index in [2.05, 4.69) is 21.2 Å². The minimum atomic E-state index is -0.863. The Labute approximate surface area is 192 Å². The van der Waals surface area contributed by atoms with Crippen molar-refractivity contribution in [3.05, 3.63) is 94.0 Å². The van der Waals surface area contributed by atoms with Crippen LogP contribution in [0.3, 0.4) is 0 Å². The van der Waals surface area contributed by atoms with Crippen molar-refractivity contribution in [2.45, 2.75) is 6.61 Å². The summed E-state index contributed by atoms with van der Waals surface area (Å²) in [5.74, 6) is -1.12. The third kappa shape index (κ3) is 4.55. The van der Waals surface area contributed by atoms with E-state index >= 15 is 0 Å². The molecule has 32 heavy (non-hydrogen) atoms. The smallest absolute Gasteiger partial charge is 0.335 e. The third-order valence-corrected chi connectivity index (χ3v) is 5.21. The maximum absolute atomic E-state index is 13.1. The highest BCUT2D eigenvalue weighted by atomic mass is 79.9. The molecule has 1 aliphatic heterocycles. The maximum Gasteiger partial charge on any atom is 0.335 e. The van der Waals surface area contributed by atoms with Gasteiger partial charge in [-0.05, 0) is 54.1 Å². The lowest BCUT2D eigenvalue weighted by Gasteiger charge is -2.26. The predicted octanol–water partition coefficient (Wildman–Crippen LogP) is 4.40. The molecule has 7 nitrogen and oxygen atoms in total. The zero-order valence-corrected chi connectivity index (χ0v) is 18.2. The maximum atomic E-state index is 13.1. The minimum absolute atomic E-state index is 0.0141. The number of nitrogens with zero attached hydrogens (tertiary/aromatic N) is 1. The van der Waals surface area contributed by atoms with Crippen LogP contribution in [-0.4, -0.2) is 23.0 Å². The molecule has 2 N–H and O–H groups in total. The molecule has 4 amide bonds. The molecule has 1 aliphatic rings. The molecular weight excluding hydrogens is 476 g/mol. The van der Waals surface area contributed by atoms with E-state index in [-0.39, 0.29) is 17.0 Å². The minimum Gasteiger partial charge on any atom is -0.508 e. The molecule has 1 saturated heterocycles. The van der Waals surface area contributed by atoms with Crippen molar-refractivity contribution in [3.8, 4) is 11.5 Å². The van der Waals surface area contributed by atoms with Gasteiger partial charge in [-0.2, -0.15) is 0 Å². The van der Waals surface area contributed by atoms with Crippen molar-refractivity contribution >= 4 is 45.5 Å². The van der Waals surface area contributed by atoms with Crippen LogP contribution in [0, 0.1) is 0 Å². The fraction of sp³-hybridized carbons (Fsp3) is 0.0417. The number of barbiturate groups is 1. The Kier molecular flexibility index (Phi) is 6.04. The van der Waals surface area contributed by atoms with Gasteiger partial charge in [0.25, 0.3) is 11.8 Å². The van der Waals surface area contributed by atoms with Crippen LogP contribution in [0.15, 0.2) is 82.8 Å². The molecule has 0 atom stereocenters. The van der Waals surface area contributed by atoms with Crippen molar-refractivity contribution in [2.75, 3.05) is 4.90 Å². The summed E-state index contributed by atoms with van der Waals surface area (Å²) in [6, 6.07) is 19.5. The first kappa shape index (κ1) is 21.3. The lowest BCUT2D eigenvalue weighted by Crippen LogP contribution is -2.54. The number of phenols is 1. The van der Waals surface area contributed by atoms with Crippen molar-refractivity contribution < 1.29 is 24.2 Å². The van der Waals surface area contributed by atoms with Crippen LogP contribution in [-0.2, 0) is 16.2 Å². The number of hydrogen-bond acceptors (Lipinski definition) is 5. The molecule has 0 radical (unpaired) electrons. The van der Waals surface area contributed by atoms with E-state index in [1.54, 1.807) is 18.2 Å². The summed E-state index contributed by atoms with van der Waals surface area (Å²) in [5.41, 5.74) is 1.46. The number of rotatable bonds is 5. The van der Waals surface area contributed by atoms with Gasteiger partial charge in [0.2, 0.25) is 0 Å². The molecule has 0 unspecified atom stereocenters. The SMILES string of the molecule is O=C1NC(=O)N(c2ccc(O)cc2)C(=O)/C1=C/c1cc(Br)ccc1OCc1ccccc1. The highest BCUT2D eigenvalue weighted by Crippen LogP contribution is 2.29. The Bertz CT molecular complexity index is 1220. The van der Waals surface area contributed by atoms with Crippen LogP contribution in [0.25, 0.3) is 6.08 Å². The topological polar surface area (TPSA) is 95.9 Å². The number of nitrogens with one attached hydrogen (secondary N) is 1. The number of hydrogen-bond donors (Lipinski definition) is 2. The van der Waals surface area contributed by atoms with Gasteiger partial charge in [0.1, 0.15) is 23.7 Å². The average Bonchev–Trinajstić information content (AvgIpc) is 2.78. The molecule has 3 aromatic carbocycles. The Morgan fingerprint density at radius 3 is 2.41 bits per heavy atom. The first-order valence-electron chi connectivity index (χ1n) is 9.59. The number of halogens is 1. The van der Waals surface area contributed by atoms with Gasteiger partial charge < -0.3 is 9.84 Å². The van der Waals surface area contributed by atoms with E-state index in [4.69, 9.17) is 4.74 Å². The Hall–Kier alpha value is -3.91. The third-order valence-electron chi connectivity index (χ3n) is 4.72. The number of ether oxygens (including phenoxy) is 1. The van der Waals surface area contributed by atoms with E-state index in [0.717, 1.165) is 14.9 Å². The fourth-order valence-electron chi connectivity index (χ4n) is 3.15. The van der Waals surface area contributed by atoms with Crippen LogP contribution in [0.4, 0.5) is 10.5 Å². The van der Waals surface area contributed by atoms with Gasteiger partial charge in [-0.1, -0.05) is 46.3 Å². The molecule has 0 aromatic heterocycles. The van der Waals surface area contributed by atoms with Gasteiger partial charge in [0.05, 0.1) is 5.69 Å². The number of urea groups is 1. The number of aromatic hydroxyl groups is 1. The summed E-state index contributed by atoms with van der Waals surface area (Å²) in [7, 11) is 0. The van der Waals surface area contributed by atoms with Crippen molar-refractivity contribution in [3.63, 3.8) is 0 Å². The quantitative estimate of drug-likeness (QED) is 0.406. The number of carbonyl (C=O) groups is 3. The summed E-state index contributed by atoms with van der Waals surface area (Å²) in [6.45, 7) is 0.302. The van der Waals surface area contributed by atoms with Crippen LogP contribution >= 0.6 is 15.9 Å². The first-order valence-corrected chi connectivity index (χ1v) is 10.4. The van der Waals surface area contributed by atoms with Crippen LogP contribution < -0.4 is 15.0 Å².